The second-order valence-corrected chi connectivity index (χ2v) is 4.56. The summed E-state index contributed by atoms with van der Waals surface area (Å²) in [5.41, 5.74) is 1.39. The fourth-order valence-corrected chi connectivity index (χ4v) is 2.00. The number of rotatable bonds is 4. The van der Waals surface area contributed by atoms with Gasteiger partial charge in [0.25, 0.3) is 5.91 Å². The Kier molecular flexibility index (Phi) is 4.23. The molecule has 94 valence electrons. The Bertz CT molecular complexity index is 540. The van der Waals surface area contributed by atoms with Crippen molar-refractivity contribution >= 4 is 29.1 Å². The quantitative estimate of drug-likeness (QED) is 0.906. The van der Waals surface area contributed by atoms with Crippen LogP contribution in [0.15, 0.2) is 30.5 Å². The van der Waals surface area contributed by atoms with E-state index in [1.807, 2.05) is 6.07 Å². The van der Waals surface area contributed by atoms with Crippen LogP contribution in [0.3, 0.4) is 0 Å². The molecule has 0 aliphatic rings. The molecule has 2 aromatic rings. The van der Waals surface area contributed by atoms with Crippen molar-refractivity contribution in [1.82, 2.24) is 15.5 Å². The fourth-order valence-electron chi connectivity index (χ4n) is 1.50. The summed E-state index contributed by atoms with van der Waals surface area (Å²) in [6.45, 7) is 0.514. The van der Waals surface area contributed by atoms with E-state index in [1.165, 1.54) is 0 Å². The first kappa shape index (κ1) is 12.9. The van der Waals surface area contributed by atoms with E-state index >= 15 is 0 Å². The van der Waals surface area contributed by atoms with Crippen LogP contribution in [0.4, 0.5) is 0 Å². The molecule has 1 heterocycles. The Morgan fingerprint density at radius 2 is 2.17 bits per heavy atom. The number of carbonyl (C=O) groups is 1. The maximum atomic E-state index is 11.8. The summed E-state index contributed by atoms with van der Waals surface area (Å²) in [4.78, 5) is 11.8. The van der Waals surface area contributed by atoms with Gasteiger partial charge in [0.15, 0.2) is 0 Å². The predicted octanol–water partition coefficient (Wildman–Crippen LogP) is 2.69. The molecule has 2 N–H and O–H groups in total. The van der Waals surface area contributed by atoms with Gasteiger partial charge in [-0.05, 0) is 24.3 Å². The topological polar surface area (TPSA) is 57.8 Å². The monoisotopic (exact) mass is 283 g/mol. The molecule has 0 radical (unpaired) electrons. The highest BCUT2D eigenvalue weighted by molar-refractivity contribution is 6.36. The minimum atomic E-state index is -0.212. The summed E-state index contributed by atoms with van der Waals surface area (Å²) in [7, 11) is 0. The van der Waals surface area contributed by atoms with Gasteiger partial charge in [-0.3, -0.25) is 9.89 Å². The zero-order chi connectivity index (χ0) is 13.0. The molecule has 1 aromatic carbocycles. The van der Waals surface area contributed by atoms with Crippen LogP contribution < -0.4 is 5.32 Å². The summed E-state index contributed by atoms with van der Waals surface area (Å²) in [6.07, 6.45) is 2.37. The van der Waals surface area contributed by atoms with Gasteiger partial charge in [-0.25, -0.2) is 0 Å². The molecule has 0 aliphatic carbocycles. The van der Waals surface area contributed by atoms with Gasteiger partial charge in [0, 0.05) is 29.9 Å². The van der Waals surface area contributed by atoms with Gasteiger partial charge in [-0.2, -0.15) is 5.10 Å². The molecule has 0 atom stereocenters. The van der Waals surface area contributed by atoms with Crippen LogP contribution in [-0.4, -0.2) is 22.6 Å². The fraction of sp³-hybridized carbons (Fsp3) is 0.167. The minimum Gasteiger partial charge on any atom is -0.352 e. The maximum Gasteiger partial charge on any atom is 0.252 e. The molecule has 4 nitrogen and oxygen atoms in total. The Morgan fingerprint density at radius 1 is 1.33 bits per heavy atom. The van der Waals surface area contributed by atoms with Gasteiger partial charge in [-0.15, -0.1) is 0 Å². The lowest BCUT2D eigenvalue weighted by Gasteiger charge is -2.06. The first-order valence-electron chi connectivity index (χ1n) is 5.38. The van der Waals surface area contributed by atoms with Crippen LogP contribution in [-0.2, 0) is 6.42 Å². The van der Waals surface area contributed by atoms with Gasteiger partial charge >= 0.3 is 0 Å². The number of hydrogen-bond donors (Lipinski definition) is 2. The van der Waals surface area contributed by atoms with E-state index in [4.69, 9.17) is 23.2 Å². The van der Waals surface area contributed by atoms with Crippen molar-refractivity contribution in [1.29, 1.82) is 0 Å². The summed E-state index contributed by atoms with van der Waals surface area (Å²) < 4.78 is 0. The number of aromatic nitrogens is 2. The van der Waals surface area contributed by atoms with Gasteiger partial charge in [-0.1, -0.05) is 23.2 Å². The van der Waals surface area contributed by atoms with Crippen LogP contribution in [0.2, 0.25) is 10.0 Å². The number of hydrogen-bond acceptors (Lipinski definition) is 2. The molecular formula is C12H11Cl2N3O. The Hall–Kier alpha value is -1.52. The van der Waals surface area contributed by atoms with Gasteiger partial charge in [0.2, 0.25) is 0 Å². The SMILES string of the molecule is O=C(NCCc1ccn[nH]1)c1ccc(Cl)cc1Cl. The molecule has 0 bridgehead atoms. The summed E-state index contributed by atoms with van der Waals surface area (Å²) in [6, 6.07) is 6.65. The van der Waals surface area contributed by atoms with Crippen LogP contribution in [0.1, 0.15) is 16.1 Å². The predicted molar refractivity (Wildman–Crippen MR) is 71.1 cm³/mol. The Balaban J connectivity index is 1.91. The molecular weight excluding hydrogens is 273 g/mol. The van der Waals surface area contributed by atoms with E-state index < -0.39 is 0 Å². The lowest BCUT2D eigenvalue weighted by Crippen LogP contribution is -2.26. The zero-order valence-corrected chi connectivity index (χ0v) is 10.9. The molecule has 6 heteroatoms. The molecule has 2 rings (SSSR count). The molecule has 18 heavy (non-hydrogen) atoms. The van der Waals surface area contributed by atoms with Crippen molar-refractivity contribution in [2.24, 2.45) is 0 Å². The smallest absolute Gasteiger partial charge is 0.252 e. The second kappa shape index (κ2) is 5.89. The number of benzene rings is 1. The first-order valence-corrected chi connectivity index (χ1v) is 6.14. The molecule has 0 aliphatic heterocycles. The second-order valence-electron chi connectivity index (χ2n) is 3.71. The van der Waals surface area contributed by atoms with E-state index in [2.05, 4.69) is 15.5 Å². The summed E-state index contributed by atoms with van der Waals surface area (Å²) in [5.74, 6) is -0.212. The van der Waals surface area contributed by atoms with Crippen molar-refractivity contribution in [3.05, 3.63) is 51.8 Å². The van der Waals surface area contributed by atoms with Gasteiger partial charge in [0.05, 0.1) is 10.6 Å². The number of nitrogens with zero attached hydrogens (tertiary/aromatic N) is 1. The van der Waals surface area contributed by atoms with Gasteiger partial charge in [0.1, 0.15) is 0 Å². The average Bonchev–Trinajstić information content (AvgIpc) is 2.81. The van der Waals surface area contributed by atoms with E-state index in [-0.39, 0.29) is 5.91 Å². The third-order valence-electron chi connectivity index (χ3n) is 2.41. The lowest BCUT2D eigenvalue weighted by atomic mass is 10.2. The molecule has 0 saturated carbocycles. The van der Waals surface area contributed by atoms with Crippen molar-refractivity contribution in [3.8, 4) is 0 Å². The Labute approximate surface area is 114 Å². The summed E-state index contributed by atoms with van der Waals surface area (Å²) in [5, 5.41) is 10.3. The lowest BCUT2D eigenvalue weighted by molar-refractivity contribution is 0.0954. The van der Waals surface area contributed by atoms with Crippen LogP contribution in [0, 0.1) is 0 Å². The van der Waals surface area contributed by atoms with Crippen LogP contribution in [0.5, 0.6) is 0 Å². The highest BCUT2D eigenvalue weighted by Crippen LogP contribution is 2.20. The number of halogens is 2. The number of H-pyrrole nitrogens is 1. The van der Waals surface area contributed by atoms with E-state index in [0.29, 0.717) is 28.6 Å². The number of nitrogens with one attached hydrogen (secondary N) is 2. The third kappa shape index (κ3) is 3.24. The molecule has 0 spiro atoms. The van der Waals surface area contributed by atoms with E-state index in [9.17, 15) is 4.79 Å². The van der Waals surface area contributed by atoms with Crippen LogP contribution >= 0.6 is 23.2 Å². The third-order valence-corrected chi connectivity index (χ3v) is 2.96. The number of carbonyl (C=O) groups excluding carboxylic acids is 1. The first-order chi connectivity index (χ1) is 8.66. The Morgan fingerprint density at radius 3 is 2.83 bits per heavy atom. The molecule has 1 aromatic heterocycles. The zero-order valence-electron chi connectivity index (χ0n) is 9.41. The van der Waals surface area contributed by atoms with Crippen molar-refractivity contribution < 1.29 is 4.79 Å². The van der Waals surface area contributed by atoms with Gasteiger partial charge < -0.3 is 5.32 Å². The molecule has 0 unspecified atom stereocenters. The summed E-state index contributed by atoms with van der Waals surface area (Å²) >= 11 is 11.7. The average molecular weight is 284 g/mol. The van der Waals surface area contributed by atoms with E-state index in [0.717, 1.165) is 5.69 Å². The molecule has 0 fully saturated rings. The molecule has 1 amide bonds. The van der Waals surface area contributed by atoms with Crippen LogP contribution in [0.25, 0.3) is 0 Å². The van der Waals surface area contributed by atoms with Crippen molar-refractivity contribution in [2.45, 2.75) is 6.42 Å². The highest BCUT2D eigenvalue weighted by Gasteiger charge is 2.09. The van der Waals surface area contributed by atoms with Crippen molar-refractivity contribution in [2.75, 3.05) is 6.54 Å². The number of aromatic amines is 1. The van der Waals surface area contributed by atoms with Crippen molar-refractivity contribution in [3.63, 3.8) is 0 Å². The largest absolute Gasteiger partial charge is 0.352 e. The number of amides is 1. The highest BCUT2D eigenvalue weighted by atomic mass is 35.5. The standard InChI is InChI=1S/C12H11Cl2N3O/c13-8-1-2-10(11(14)7-8)12(18)15-5-3-9-4-6-16-17-9/h1-2,4,6-7H,3,5H2,(H,15,18)(H,16,17). The minimum absolute atomic E-state index is 0.212. The molecule has 0 saturated heterocycles. The van der Waals surface area contributed by atoms with E-state index in [1.54, 1.807) is 24.4 Å². The maximum absolute atomic E-state index is 11.8. The normalized spacial score (nSPS) is 10.3.